The highest BCUT2D eigenvalue weighted by Crippen LogP contribution is 2.06. The fourth-order valence-electron chi connectivity index (χ4n) is 2.11. The van der Waals surface area contributed by atoms with Crippen molar-refractivity contribution in [2.75, 3.05) is 6.54 Å². The van der Waals surface area contributed by atoms with E-state index in [-0.39, 0.29) is 11.7 Å². The molecule has 0 saturated carbocycles. The number of aromatic nitrogens is 2. The van der Waals surface area contributed by atoms with Crippen molar-refractivity contribution >= 4 is 0 Å². The van der Waals surface area contributed by atoms with Crippen LogP contribution in [0.2, 0.25) is 0 Å². The number of hydrogen-bond donors (Lipinski definition) is 1. The van der Waals surface area contributed by atoms with Crippen molar-refractivity contribution in [1.82, 2.24) is 14.5 Å². The monoisotopic (exact) mass is 267 g/mol. The van der Waals surface area contributed by atoms with Crippen LogP contribution in [0.5, 0.6) is 0 Å². The highest BCUT2D eigenvalue weighted by molar-refractivity contribution is 4.84. The smallest absolute Gasteiger partial charge is 0.312 e. The number of nitrogens with one attached hydrogen (secondary N) is 1. The minimum absolute atomic E-state index is 0.0895. The second-order valence-corrected chi connectivity index (χ2v) is 6.10. The van der Waals surface area contributed by atoms with Crippen LogP contribution in [-0.4, -0.2) is 21.7 Å². The van der Waals surface area contributed by atoms with E-state index in [4.69, 9.17) is 0 Å². The minimum atomic E-state index is 0.0895. The Balaban J connectivity index is 2.35. The van der Waals surface area contributed by atoms with Gasteiger partial charge in [0.15, 0.2) is 0 Å². The standard InChI is InChI=1S/C15H29N3O/c1-12(2)6-7-14(5)16-8-9-17-10-11-18(13(3)4)15(17)19/h10-14,16H,6-9H2,1-5H3. The van der Waals surface area contributed by atoms with Gasteiger partial charge in [-0.15, -0.1) is 0 Å². The molecule has 0 spiro atoms. The molecule has 1 heterocycles. The lowest BCUT2D eigenvalue weighted by atomic mass is 10.0. The highest BCUT2D eigenvalue weighted by Gasteiger charge is 2.07. The van der Waals surface area contributed by atoms with E-state index in [1.54, 1.807) is 9.13 Å². The molecule has 1 aromatic rings. The predicted molar refractivity (Wildman–Crippen MR) is 80.6 cm³/mol. The maximum Gasteiger partial charge on any atom is 0.328 e. The van der Waals surface area contributed by atoms with Crippen LogP contribution in [0.1, 0.15) is 53.5 Å². The molecule has 0 aliphatic carbocycles. The first kappa shape index (κ1) is 16.0. The molecule has 4 nitrogen and oxygen atoms in total. The number of imidazole rings is 1. The van der Waals surface area contributed by atoms with Crippen LogP contribution >= 0.6 is 0 Å². The van der Waals surface area contributed by atoms with Gasteiger partial charge in [0.1, 0.15) is 0 Å². The van der Waals surface area contributed by atoms with Crippen molar-refractivity contribution in [3.8, 4) is 0 Å². The molecule has 0 fully saturated rings. The summed E-state index contributed by atoms with van der Waals surface area (Å²) < 4.78 is 3.55. The van der Waals surface area contributed by atoms with E-state index in [9.17, 15) is 4.79 Å². The van der Waals surface area contributed by atoms with Crippen LogP contribution in [0.15, 0.2) is 17.2 Å². The summed E-state index contributed by atoms with van der Waals surface area (Å²) in [6.45, 7) is 12.4. The van der Waals surface area contributed by atoms with Crippen molar-refractivity contribution < 1.29 is 0 Å². The van der Waals surface area contributed by atoms with E-state index in [0.717, 1.165) is 19.0 Å². The molecule has 19 heavy (non-hydrogen) atoms. The first-order valence-corrected chi connectivity index (χ1v) is 7.42. The van der Waals surface area contributed by atoms with Gasteiger partial charge in [-0.3, -0.25) is 9.13 Å². The van der Waals surface area contributed by atoms with Gasteiger partial charge in [-0.2, -0.15) is 0 Å². The molecule has 0 bridgehead atoms. The van der Waals surface area contributed by atoms with Crippen LogP contribution in [0.25, 0.3) is 0 Å². The summed E-state index contributed by atoms with van der Waals surface area (Å²) in [6.07, 6.45) is 6.19. The zero-order valence-electron chi connectivity index (χ0n) is 13.0. The van der Waals surface area contributed by atoms with E-state index in [0.29, 0.717) is 6.04 Å². The first-order chi connectivity index (χ1) is 8.91. The fourth-order valence-corrected chi connectivity index (χ4v) is 2.11. The molecule has 0 radical (unpaired) electrons. The summed E-state index contributed by atoms with van der Waals surface area (Å²) in [5, 5.41) is 3.48. The zero-order valence-corrected chi connectivity index (χ0v) is 13.0. The van der Waals surface area contributed by atoms with Gasteiger partial charge in [-0.25, -0.2) is 4.79 Å². The minimum Gasteiger partial charge on any atom is -0.312 e. The number of rotatable bonds is 8. The van der Waals surface area contributed by atoms with Crippen LogP contribution in [-0.2, 0) is 6.54 Å². The molecular formula is C15H29N3O. The summed E-state index contributed by atoms with van der Waals surface area (Å²) in [5.74, 6) is 0.756. The van der Waals surface area contributed by atoms with Crippen LogP contribution in [0, 0.1) is 5.92 Å². The van der Waals surface area contributed by atoms with E-state index < -0.39 is 0 Å². The summed E-state index contributed by atoms with van der Waals surface area (Å²) >= 11 is 0. The molecule has 1 rings (SSSR count). The number of nitrogens with zero attached hydrogens (tertiary/aromatic N) is 2. The van der Waals surface area contributed by atoms with E-state index in [2.05, 4.69) is 26.1 Å². The summed E-state index contributed by atoms with van der Waals surface area (Å²) in [4.78, 5) is 12.0. The van der Waals surface area contributed by atoms with Crippen molar-refractivity contribution in [2.45, 2.75) is 66.1 Å². The Morgan fingerprint density at radius 2 is 1.79 bits per heavy atom. The molecule has 0 amide bonds. The van der Waals surface area contributed by atoms with E-state index in [1.165, 1.54) is 12.8 Å². The quantitative estimate of drug-likeness (QED) is 0.786. The average molecular weight is 267 g/mol. The molecule has 1 N–H and O–H groups in total. The molecule has 0 aromatic carbocycles. The molecule has 1 unspecified atom stereocenters. The lowest BCUT2D eigenvalue weighted by molar-refractivity contribution is 0.437. The Kier molecular flexibility index (Phi) is 6.35. The van der Waals surface area contributed by atoms with Gasteiger partial charge in [0.25, 0.3) is 0 Å². The molecular weight excluding hydrogens is 238 g/mol. The lowest BCUT2D eigenvalue weighted by Gasteiger charge is -2.15. The second-order valence-electron chi connectivity index (χ2n) is 6.10. The van der Waals surface area contributed by atoms with Gasteiger partial charge in [-0.1, -0.05) is 13.8 Å². The average Bonchev–Trinajstić information content (AvgIpc) is 2.68. The molecule has 0 aliphatic rings. The van der Waals surface area contributed by atoms with E-state index >= 15 is 0 Å². The van der Waals surface area contributed by atoms with Gasteiger partial charge in [0.2, 0.25) is 0 Å². The summed E-state index contributed by atoms with van der Waals surface area (Å²) in [5.41, 5.74) is 0.0895. The highest BCUT2D eigenvalue weighted by atomic mass is 16.1. The molecule has 4 heteroatoms. The molecule has 110 valence electrons. The van der Waals surface area contributed by atoms with Crippen molar-refractivity contribution in [3.05, 3.63) is 22.9 Å². The van der Waals surface area contributed by atoms with E-state index in [1.807, 2.05) is 26.2 Å². The van der Waals surface area contributed by atoms with Gasteiger partial charge in [0, 0.05) is 37.6 Å². The Labute approximate surface area is 116 Å². The Morgan fingerprint density at radius 1 is 1.11 bits per heavy atom. The molecule has 0 saturated heterocycles. The molecule has 0 aliphatic heterocycles. The van der Waals surface area contributed by atoms with Crippen LogP contribution in [0.3, 0.4) is 0 Å². The SMILES string of the molecule is CC(C)CCC(C)NCCn1ccn(C(C)C)c1=O. The van der Waals surface area contributed by atoms with Crippen LogP contribution in [0.4, 0.5) is 0 Å². The maximum atomic E-state index is 12.0. The normalized spacial score (nSPS) is 13.4. The van der Waals surface area contributed by atoms with Crippen LogP contribution < -0.4 is 11.0 Å². The lowest BCUT2D eigenvalue weighted by Crippen LogP contribution is -2.33. The summed E-state index contributed by atoms with van der Waals surface area (Å²) in [6, 6.07) is 0.747. The maximum absolute atomic E-state index is 12.0. The topological polar surface area (TPSA) is 39.0 Å². The van der Waals surface area contributed by atoms with Gasteiger partial charge in [-0.05, 0) is 39.5 Å². The van der Waals surface area contributed by atoms with Crippen molar-refractivity contribution in [3.63, 3.8) is 0 Å². The molecule has 1 atom stereocenters. The van der Waals surface area contributed by atoms with Crippen molar-refractivity contribution in [2.24, 2.45) is 5.92 Å². The van der Waals surface area contributed by atoms with Crippen molar-refractivity contribution in [1.29, 1.82) is 0 Å². The first-order valence-electron chi connectivity index (χ1n) is 7.42. The second kappa shape index (κ2) is 7.53. The predicted octanol–water partition coefficient (Wildman–Crippen LogP) is 2.65. The largest absolute Gasteiger partial charge is 0.328 e. The third-order valence-electron chi connectivity index (χ3n) is 3.45. The molecule has 1 aromatic heterocycles. The number of hydrogen-bond acceptors (Lipinski definition) is 2. The van der Waals surface area contributed by atoms with Gasteiger partial charge >= 0.3 is 5.69 Å². The zero-order chi connectivity index (χ0) is 14.4. The van der Waals surface area contributed by atoms with Gasteiger partial charge < -0.3 is 5.32 Å². The Hall–Kier alpha value is -1.03. The van der Waals surface area contributed by atoms with Gasteiger partial charge in [0.05, 0.1) is 0 Å². The Morgan fingerprint density at radius 3 is 2.32 bits per heavy atom. The fraction of sp³-hybridized carbons (Fsp3) is 0.800. The third kappa shape index (κ3) is 5.23. The Bertz CT molecular complexity index is 417. The third-order valence-corrected chi connectivity index (χ3v) is 3.45. The summed E-state index contributed by atoms with van der Waals surface area (Å²) in [7, 11) is 0.